The van der Waals surface area contributed by atoms with Crippen LogP contribution >= 0.6 is 0 Å². The van der Waals surface area contributed by atoms with Crippen molar-refractivity contribution < 1.29 is 9.72 Å². The van der Waals surface area contributed by atoms with Gasteiger partial charge < -0.3 is 11.5 Å². The Morgan fingerprint density at radius 3 is 2.88 bits per heavy atom. The number of pyridine rings is 1. The van der Waals surface area contributed by atoms with Gasteiger partial charge in [0.1, 0.15) is 12.0 Å². The van der Waals surface area contributed by atoms with Crippen LogP contribution in [-0.2, 0) is 4.79 Å². The van der Waals surface area contributed by atoms with E-state index in [1.54, 1.807) is 0 Å². The molecule has 0 atom stereocenters. The first-order valence-corrected chi connectivity index (χ1v) is 4.35. The van der Waals surface area contributed by atoms with Crippen LogP contribution in [0.2, 0.25) is 0 Å². The van der Waals surface area contributed by atoms with Crippen LogP contribution in [-0.4, -0.2) is 15.8 Å². The fourth-order valence-electron chi connectivity index (χ4n) is 1.02. The molecule has 0 aliphatic heterocycles. The summed E-state index contributed by atoms with van der Waals surface area (Å²) < 4.78 is 0. The van der Waals surface area contributed by atoms with Crippen molar-refractivity contribution in [3.05, 3.63) is 34.0 Å². The molecular weight excluding hydrogens is 212 g/mol. The molecule has 1 aromatic heterocycles. The predicted molar refractivity (Wildman–Crippen MR) is 58.1 cm³/mol. The maximum Gasteiger partial charge on any atom is 0.288 e. The van der Waals surface area contributed by atoms with Crippen molar-refractivity contribution in [1.82, 2.24) is 4.98 Å². The summed E-state index contributed by atoms with van der Waals surface area (Å²) in [5.74, 6) is -0.334. The number of nitrogens with two attached hydrogens (primary N) is 2. The highest BCUT2D eigenvalue weighted by molar-refractivity contribution is 5.77. The molecule has 0 aliphatic carbocycles. The molecule has 0 saturated heterocycles. The van der Waals surface area contributed by atoms with Crippen molar-refractivity contribution in [1.29, 1.82) is 0 Å². The summed E-state index contributed by atoms with van der Waals surface area (Å²) in [4.78, 5) is 24.0. The molecule has 7 heteroatoms. The van der Waals surface area contributed by atoms with E-state index in [0.29, 0.717) is 5.56 Å². The molecule has 4 N–H and O–H groups in total. The number of aromatic nitrogens is 1. The zero-order valence-corrected chi connectivity index (χ0v) is 8.29. The van der Waals surface area contributed by atoms with Crippen LogP contribution in [0.4, 0.5) is 11.5 Å². The van der Waals surface area contributed by atoms with E-state index in [9.17, 15) is 14.9 Å². The van der Waals surface area contributed by atoms with Crippen LogP contribution in [0.5, 0.6) is 0 Å². The lowest BCUT2D eigenvalue weighted by atomic mass is 10.2. The Balaban J connectivity index is 2.94. The summed E-state index contributed by atoms with van der Waals surface area (Å²) in [7, 11) is 0. The standard InChI is InChI=1S/C9H10N4O3/c10-8(14)3-1-2-6-4-7(13(15)16)5-12-9(6)11/h1-2,4-5H,3H2,(H2,10,14)(H2,11,12). The van der Waals surface area contributed by atoms with Crippen molar-refractivity contribution in [2.75, 3.05) is 5.73 Å². The first-order chi connectivity index (χ1) is 7.50. The van der Waals surface area contributed by atoms with Gasteiger partial charge in [0.2, 0.25) is 5.91 Å². The Morgan fingerprint density at radius 2 is 2.31 bits per heavy atom. The Labute approximate surface area is 90.9 Å². The van der Waals surface area contributed by atoms with Crippen molar-refractivity contribution >= 4 is 23.5 Å². The van der Waals surface area contributed by atoms with E-state index in [2.05, 4.69) is 4.98 Å². The lowest BCUT2D eigenvalue weighted by Gasteiger charge is -1.98. The molecule has 0 saturated carbocycles. The van der Waals surface area contributed by atoms with Crippen LogP contribution in [0.3, 0.4) is 0 Å². The highest BCUT2D eigenvalue weighted by Crippen LogP contribution is 2.17. The Bertz CT molecular complexity index is 456. The second-order valence-electron chi connectivity index (χ2n) is 3.00. The molecule has 1 aromatic rings. The van der Waals surface area contributed by atoms with Gasteiger partial charge in [0, 0.05) is 18.1 Å². The fourth-order valence-corrected chi connectivity index (χ4v) is 1.02. The molecule has 1 amide bonds. The number of primary amides is 1. The summed E-state index contributed by atoms with van der Waals surface area (Å²) in [6, 6.07) is 1.28. The number of nitrogens with zero attached hydrogens (tertiary/aromatic N) is 2. The summed E-state index contributed by atoms with van der Waals surface area (Å²) in [6.07, 6.45) is 4.06. The predicted octanol–water partition coefficient (Wildman–Crippen LogP) is 0.461. The number of carbonyl (C=O) groups is 1. The minimum absolute atomic E-state index is 0.0438. The third-order valence-corrected chi connectivity index (χ3v) is 1.76. The number of nitro groups is 1. The highest BCUT2D eigenvalue weighted by atomic mass is 16.6. The van der Waals surface area contributed by atoms with Crippen LogP contribution in [0, 0.1) is 10.1 Å². The first-order valence-electron chi connectivity index (χ1n) is 4.35. The summed E-state index contributed by atoms with van der Waals surface area (Å²) in [5.41, 5.74) is 10.7. The Kier molecular flexibility index (Phi) is 3.54. The molecule has 0 aliphatic rings. The van der Waals surface area contributed by atoms with Gasteiger partial charge in [-0.2, -0.15) is 0 Å². The molecule has 0 unspecified atom stereocenters. The third kappa shape index (κ3) is 3.05. The van der Waals surface area contributed by atoms with Gasteiger partial charge in [-0.3, -0.25) is 14.9 Å². The number of anilines is 1. The van der Waals surface area contributed by atoms with Gasteiger partial charge in [-0.25, -0.2) is 4.98 Å². The van der Waals surface area contributed by atoms with Gasteiger partial charge >= 0.3 is 0 Å². The summed E-state index contributed by atoms with van der Waals surface area (Å²) in [5, 5.41) is 10.5. The molecule has 0 bridgehead atoms. The zero-order chi connectivity index (χ0) is 12.1. The number of carbonyl (C=O) groups excluding carboxylic acids is 1. The molecule has 0 aromatic carbocycles. The molecule has 0 radical (unpaired) electrons. The summed E-state index contributed by atoms with van der Waals surface area (Å²) in [6.45, 7) is 0. The summed E-state index contributed by atoms with van der Waals surface area (Å²) >= 11 is 0. The van der Waals surface area contributed by atoms with E-state index in [4.69, 9.17) is 11.5 Å². The van der Waals surface area contributed by atoms with Crippen LogP contribution in [0.15, 0.2) is 18.3 Å². The van der Waals surface area contributed by atoms with E-state index in [-0.39, 0.29) is 17.9 Å². The molecule has 84 valence electrons. The van der Waals surface area contributed by atoms with Gasteiger partial charge in [-0.05, 0) is 0 Å². The van der Waals surface area contributed by atoms with Gasteiger partial charge in [0.15, 0.2) is 0 Å². The number of hydrogen-bond donors (Lipinski definition) is 2. The molecule has 16 heavy (non-hydrogen) atoms. The van der Waals surface area contributed by atoms with Gasteiger partial charge in [0.05, 0.1) is 4.92 Å². The number of nitrogen functional groups attached to an aromatic ring is 1. The average Bonchev–Trinajstić information content (AvgIpc) is 2.20. The van der Waals surface area contributed by atoms with Crippen molar-refractivity contribution in [3.8, 4) is 0 Å². The normalized spacial score (nSPS) is 10.5. The maximum atomic E-state index is 10.5. The van der Waals surface area contributed by atoms with Crippen LogP contribution in [0.1, 0.15) is 12.0 Å². The molecular formula is C9H10N4O3. The Morgan fingerprint density at radius 1 is 1.62 bits per heavy atom. The zero-order valence-electron chi connectivity index (χ0n) is 8.29. The SMILES string of the molecule is NC(=O)CC=Cc1cc([N+](=O)[O-])cnc1N. The largest absolute Gasteiger partial charge is 0.383 e. The highest BCUT2D eigenvalue weighted by Gasteiger charge is 2.08. The van der Waals surface area contributed by atoms with E-state index >= 15 is 0 Å². The molecule has 0 spiro atoms. The molecule has 0 fully saturated rings. The number of hydrogen-bond acceptors (Lipinski definition) is 5. The third-order valence-electron chi connectivity index (χ3n) is 1.76. The number of amides is 1. The van der Waals surface area contributed by atoms with Crippen molar-refractivity contribution in [2.45, 2.75) is 6.42 Å². The quantitative estimate of drug-likeness (QED) is 0.565. The van der Waals surface area contributed by atoms with Crippen LogP contribution in [0.25, 0.3) is 6.08 Å². The first kappa shape index (κ1) is 11.6. The Hall–Kier alpha value is -2.44. The van der Waals surface area contributed by atoms with Crippen molar-refractivity contribution in [3.63, 3.8) is 0 Å². The van der Waals surface area contributed by atoms with E-state index in [0.717, 1.165) is 6.20 Å². The van der Waals surface area contributed by atoms with Gasteiger partial charge in [-0.15, -0.1) is 0 Å². The molecule has 7 nitrogen and oxygen atoms in total. The number of rotatable bonds is 4. The fraction of sp³-hybridized carbons (Fsp3) is 0.111. The minimum Gasteiger partial charge on any atom is -0.383 e. The minimum atomic E-state index is -0.572. The second-order valence-corrected chi connectivity index (χ2v) is 3.00. The average molecular weight is 222 g/mol. The van der Waals surface area contributed by atoms with Gasteiger partial charge in [0.25, 0.3) is 5.69 Å². The van der Waals surface area contributed by atoms with Crippen LogP contribution < -0.4 is 11.5 Å². The monoisotopic (exact) mass is 222 g/mol. The second kappa shape index (κ2) is 4.87. The van der Waals surface area contributed by atoms with E-state index < -0.39 is 10.8 Å². The molecule has 1 heterocycles. The smallest absolute Gasteiger partial charge is 0.288 e. The molecule has 1 rings (SSSR count). The lowest BCUT2D eigenvalue weighted by molar-refractivity contribution is -0.385. The van der Waals surface area contributed by atoms with Gasteiger partial charge in [-0.1, -0.05) is 12.2 Å². The van der Waals surface area contributed by atoms with Crippen molar-refractivity contribution in [2.24, 2.45) is 5.73 Å². The van der Waals surface area contributed by atoms with E-state index in [1.165, 1.54) is 18.2 Å². The van der Waals surface area contributed by atoms with E-state index in [1.807, 2.05) is 0 Å². The maximum absolute atomic E-state index is 10.5. The lowest BCUT2D eigenvalue weighted by Crippen LogP contribution is -2.08. The topological polar surface area (TPSA) is 125 Å².